The molecule has 0 atom stereocenters. The summed E-state index contributed by atoms with van der Waals surface area (Å²) in [6.07, 6.45) is 5.92. The fraction of sp³-hybridized carbons (Fsp3) is 0. The Hall–Kier alpha value is -4.70. The third kappa shape index (κ3) is 2.79. The van der Waals surface area contributed by atoms with E-state index in [0.29, 0.717) is 0 Å². The van der Waals surface area contributed by atoms with Gasteiger partial charge in [0.2, 0.25) is 0 Å². The average molecular weight is 437 g/mol. The van der Waals surface area contributed by atoms with Crippen LogP contribution < -0.4 is 0 Å². The first-order chi connectivity index (χ1) is 16.9. The second kappa shape index (κ2) is 7.42. The van der Waals surface area contributed by atoms with Crippen molar-refractivity contribution >= 4 is 32.7 Å². The van der Waals surface area contributed by atoms with Crippen LogP contribution in [-0.4, -0.2) is 19.1 Å². The smallest absolute Gasteiger partial charge is 0.159 e. The predicted molar refractivity (Wildman–Crippen MR) is 139 cm³/mol. The van der Waals surface area contributed by atoms with Crippen LogP contribution in [0.15, 0.2) is 122 Å². The third-order valence-corrected chi connectivity index (χ3v) is 6.45. The van der Waals surface area contributed by atoms with Gasteiger partial charge in [-0.3, -0.25) is 0 Å². The van der Waals surface area contributed by atoms with Crippen LogP contribution in [0.25, 0.3) is 55.5 Å². The van der Waals surface area contributed by atoms with Crippen molar-refractivity contribution in [3.05, 3.63) is 122 Å². The van der Waals surface area contributed by atoms with Crippen LogP contribution in [0, 0.1) is 0 Å². The van der Waals surface area contributed by atoms with Gasteiger partial charge in [0.25, 0.3) is 0 Å². The molecule has 4 nitrogen and oxygen atoms in total. The van der Waals surface area contributed by atoms with E-state index < -0.39 is 0 Å². The van der Waals surface area contributed by atoms with Gasteiger partial charge in [-0.1, -0.05) is 78.9 Å². The molecule has 3 heterocycles. The highest BCUT2D eigenvalue weighted by Gasteiger charge is 2.17. The van der Waals surface area contributed by atoms with E-state index in [1.165, 1.54) is 27.2 Å². The van der Waals surface area contributed by atoms with E-state index in [4.69, 9.17) is 0 Å². The van der Waals surface area contributed by atoms with Gasteiger partial charge in [-0.15, -0.1) is 0 Å². The zero-order valence-electron chi connectivity index (χ0n) is 18.3. The van der Waals surface area contributed by atoms with Crippen molar-refractivity contribution in [3.63, 3.8) is 0 Å². The van der Waals surface area contributed by atoms with Gasteiger partial charge in [0, 0.05) is 33.6 Å². The first kappa shape index (κ1) is 18.8. The minimum absolute atomic E-state index is 0.726. The summed E-state index contributed by atoms with van der Waals surface area (Å²) in [5.41, 5.74) is 6.62. The van der Waals surface area contributed by atoms with Gasteiger partial charge >= 0.3 is 0 Å². The Labute approximate surface area is 196 Å². The van der Waals surface area contributed by atoms with E-state index in [1.807, 2.05) is 42.7 Å². The van der Waals surface area contributed by atoms with Gasteiger partial charge in [0.05, 0.1) is 34.6 Å². The number of aromatic nitrogens is 4. The lowest BCUT2D eigenvalue weighted by atomic mass is 10.1. The van der Waals surface area contributed by atoms with Crippen LogP contribution >= 0.6 is 0 Å². The highest BCUT2D eigenvalue weighted by Crippen LogP contribution is 2.37. The molecule has 7 rings (SSSR count). The van der Waals surface area contributed by atoms with Crippen LogP contribution in [0.3, 0.4) is 0 Å². The van der Waals surface area contributed by atoms with Gasteiger partial charge < -0.3 is 9.13 Å². The SMILES string of the molecule is c1ccc(-c2ncc(-n3ccc4ccc5c6ccccc6n(-c6ccccc6)c5c43)cn2)cc1. The Morgan fingerprint density at radius 3 is 2.03 bits per heavy atom. The maximum Gasteiger partial charge on any atom is 0.159 e. The largest absolute Gasteiger partial charge is 0.312 e. The number of benzene rings is 4. The second-order valence-corrected chi connectivity index (χ2v) is 8.40. The van der Waals surface area contributed by atoms with Crippen molar-refractivity contribution in [3.8, 4) is 22.8 Å². The van der Waals surface area contributed by atoms with E-state index in [9.17, 15) is 0 Å². The zero-order valence-corrected chi connectivity index (χ0v) is 18.3. The summed E-state index contributed by atoms with van der Waals surface area (Å²) in [5, 5.41) is 3.65. The molecule has 7 aromatic rings. The molecule has 0 N–H and O–H groups in total. The molecular weight excluding hydrogens is 416 g/mol. The quantitative estimate of drug-likeness (QED) is 0.294. The van der Waals surface area contributed by atoms with Crippen LogP contribution in [0.4, 0.5) is 0 Å². The van der Waals surface area contributed by atoms with Crippen molar-refractivity contribution in [1.82, 2.24) is 19.1 Å². The normalized spacial score (nSPS) is 11.5. The summed E-state index contributed by atoms with van der Waals surface area (Å²) in [5.74, 6) is 0.726. The van der Waals surface area contributed by atoms with Gasteiger partial charge in [-0.25, -0.2) is 9.97 Å². The number of rotatable bonds is 3. The lowest BCUT2D eigenvalue weighted by Crippen LogP contribution is -1.99. The van der Waals surface area contributed by atoms with Crippen LogP contribution in [0.5, 0.6) is 0 Å². The Kier molecular flexibility index (Phi) is 4.11. The Bertz CT molecular complexity index is 1780. The molecule has 3 aromatic heterocycles. The third-order valence-electron chi connectivity index (χ3n) is 6.45. The lowest BCUT2D eigenvalue weighted by molar-refractivity contribution is 1.05. The first-order valence-corrected chi connectivity index (χ1v) is 11.3. The summed E-state index contributed by atoms with van der Waals surface area (Å²) in [7, 11) is 0. The minimum atomic E-state index is 0.726. The molecule has 0 fully saturated rings. The monoisotopic (exact) mass is 436 g/mol. The van der Waals surface area contributed by atoms with Crippen molar-refractivity contribution in [2.45, 2.75) is 0 Å². The van der Waals surface area contributed by atoms with E-state index in [1.54, 1.807) is 0 Å². The molecule has 0 amide bonds. The zero-order chi connectivity index (χ0) is 22.5. The molecule has 4 heteroatoms. The maximum absolute atomic E-state index is 4.68. The Morgan fingerprint density at radius 2 is 1.24 bits per heavy atom. The fourth-order valence-corrected chi connectivity index (χ4v) is 4.92. The van der Waals surface area contributed by atoms with Gasteiger partial charge in [-0.05, 0) is 24.3 Å². The molecule has 0 saturated heterocycles. The molecule has 0 radical (unpaired) electrons. The van der Waals surface area contributed by atoms with Crippen molar-refractivity contribution < 1.29 is 0 Å². The Morgan fingerprint density at radius 1 is 0.529 bits per heavy atom. The number of hydrogen-bond donors (Lipinski definition) is 0. The number of nitrogens with zero attached hydrogens (tertiary/aromatic N) is 4. The lowest BCUT2D eigenvalue weighted by Gasteiger charge is -2.11. The molecule has 0 aliphatic rings. The van der Waals surface area contributed by atoms with Crippen LogP contribution in [0.1, 0.15) is 0 Å². The maximum atomic E-state index is 4.68. The standard InChI is InChI=1S/C30H20N4/c1-3-9-22(10-4-1)30-31-19-24(20-32-30)33-18-17-21-15-16-26-25-13-7-8-14-27(25)34(29(26)28(21)33)23-11-5-2-6-12-23/h1-20H. The van der Waals surface area contributed by atoms with E-state index in [-0.39, 0.29) is 0 Å². The number of hydrogen-bond acceptors (Lipinski definition) is 2. The van der Waals surface area contributed by atoms with Crippen LogP contribution in [-0.2, 0) is 0 Å². The van der Waals surface area contributed by atoms with Crippen LogP contribution in [0.2, 0.25) is 0 Å². The molecule has 0 spiro atoms. The molecule has 0 unspecified atom stereocenters. The van der Waals surface area contributed by atoms with Gasteiger partial charge in [0.15, 0.2) is 5.82 Å². The van der Waals surface area contributed by atoms with E-state index in [2.05, 4.69) is 98.1 Å². The molecule has 0 bridgehead atoms. The molecule has 0 aliphatic heterocycles. The second-order valence-electron chi connectivity index (χ2n) is 8.40. The molecule has 160 valence electrons. The van der Waals surface area contributed by atoms with Crippen molar-refractivity contribution in [1.29, 1.82) is 0 Å². The van der Waals surface area contributed by atoms with E-state index in [0.717, 1.165) is 28.3 Å². The van der Waals surface area contributed by atoms with Crippen molar-refractivity contribution in [2.24, 2.45) is 0 Å². The fourth-order valence-electron chi connectivity index (χ4n) is 4.92. The van der Waals surface area contributed by atoms with E-state index >= 15 is 0 Å². The molecular formula is C30H20N4. The summed E-state index contributed by atoms with van der Waals surface area (Å²) in [6.45, 7) is 0. The highest BCUT2D eigenvalue weighted by atomic mass is 15.1. The minimum Gasteiger partial charge on any atom is -0.312 e. The first-order valence-electron chi connectivity index (χ1n) is 11.3. The predicted octanol–water partition coefficient (Wildman–Crippen LogP) is 7.18. The molecule has 0 aliphatic carbocycles. The van der Waals surface area contributed by atoms with Gasteiger partial charge in [0.1, 0.15) is 0 Å². The van der Waals surface area contributed by atoms with Crippen molar-refractivity contribution in [2.75, 3.05) is 0 Å². The summed E-state index contributed by atoms with van der Waals surface area (Å²) in [4.78, 5) is 9.35. The Balaban J connectivity index is 1.52. The average Bonchev–Trinajstić information content (AvgIpc) is 3.49. The molecule has 0 saturated carbocycles. The topological polar surface area (TPSA) is 35.6 Å². The number of fused-ring (bicyclic) bond motifs is 5. The van der Waals surface area contributed by atoms with Gasteiger partial charge in [-0.2, -0.15) is 0 Å². The number of para-hydroxylation sites is 2. The molecule has 4 aromatic carbocycles. The molecule has 34 heavy (non-hydrogen) atoms. The highest BCUT2D eigenvalue weighted by molar-refractivity contribution is 6.18. The summed E-state index contributed by atoms with van der Waals surface area (Å²) >= 11 is 0. The summed E-state index contributed by atoms with van der Waals surface area (Å²) in [6, 6.07) is 35.8. The summed E-state index contributed by atoms with van der Waals surface area (Å²) < 4.78 is 4.56.